The van der Waals surface area contributed by atoms with Gasteiger partial charge in [0.05, 0.1) is 17.1 Å². The molecule has 0 radical (unpaired) electrons. The average Bonchev–Trinajstić information content (AvgIpc) is 3.85. The van der Waals surface area contributed by atoms with E-state index in [-0.39, 0.29) is 0 Å². The molecular weight excluding hydrogens is 687 g/mol. The molecule has 11 aromatic rings. The Hall–Kier alpha value is -7.63. The molecule has 0 fully saturated rings. The normalized spacial score (nSPS) is 11.6. The Morgan fingerprint density at radius 3 is 1.77 bits per heavy atom. The van der Waals surface area contributed by atoms with Crippen LogP contribution in [0.2, 0.25) is 0 Å². The molecule has 5 heteroatoms. The quantitative estimate of drug-likeness (QED) is 0.171. The first-order valence-electron chi connectivity index (χ1n) is 18.7. The zero-order valence-corrected chi connectivity index (χ0v) is 30.1. The Labute approximate surface area is 322 Å². The lowest BCUT2D eigenvalue weighted by Crippen LogP contribution is -1.97. The van der Waals surface area contributed by atoms with Gasteiger partial charge in [0.1, 0.15) is 22.3 Å². The number of pyridine rings is 1. The van der Waals surface area contributed by atoms with Crippen molar-refractivity contribution in [1.29, 1.82) is 0 Å². The second-order valence-electron chi connectivity index (χ2n) is 13.9. The second kappa shape index (κ2) is 13.0. The summed E-state index contributed by atoms with van der Waals surface area (Å²) in [4.78, 5) is 15.0. The molecule has 0 unspecified atom stereocenters. The first-order chi connectivity index (χ1) is 27.7. The minimum absolute atomic E-state index is 0.653. The van der Waals surface area contributed by atoms with Crippen molar-refractivity contribution in [3.63, 3.8) is 0 Å². The smallest absolute Gasteiger partial charge is 0.160 e. The van der Waals surface area contributed by atoms with E-state index in [0.29, 0.717) is 5.82 Å². The number of nitrogens with zero attached hydrogens (tertiary/aromatic N) is 3. The molecule has 0 bridgehead atoms. The monoisotopic (exact) mass is 717 g/mol. The number of aromatic nitrogens is 3. The Morgan fingerprint density at radius 2 is 0.964 bits per heavy atom. The Morgan fingerprint density at radius 1 is 0.339 bits per heavy atom. The van der Waals surface area contributed by atoms with Gasteiger partial charge in [0.25, 0.3) is 0 Å². The highest BCUT2D eigenvalue weighted by atomic mass is 16.3. The maximum absolute atomic E-state index is 6.68. The van der Waals surface area contributed by atoms with Crippen LogP contribution in [-0.2, 0) is 0 Å². The highest BCUT2D eigenvalue weighted by Crippen LogP contribution is 2.43. The van der Waals surface area contributed by atoms with Gasteiger partial charge in [-0.15, -0.1) is 0 Å². The molecule has 262 valence electrons. The summed E-state index contributed by atoms with van der Waals surface area (Å²) in [5, 5.41) is 4.35. The molecule has 0 aliphatic heterocycles. The molecular formula is C51H31N3O2. The van der Waals surface area contributed by atoms with E-state index in [1.807, 2.05) is 79.0 Å². The molecule has 0 aliphatic carbocycles. The summed E-state index contributed by atoms with van der Waals surface area (Å²) in [7, 11) is 0. The molecule has 0 saturated carbocycles. The summed E-state index contributed by atoms with van der Waals surface area (Å²) in [5.41, 5.74) is 14.3. The number of fused-ring (bicyclic) bond motifs is 6. The highest BCUT2D eigenvalue weighted by molar-refractivity contribution is 6.17. The lowest BCUT2D eigenvalue weighted by atomic mass is 9.93. The van der Waals surface area contributed by atoms with Crippen LogP contribution in [0.15, 0.2) is 197 Å². The largest absolute Gasteiger partial charge is 0.456 e. The van der Waals surface area contributed by atoms with E-state index in [0.717, 1.165) is 105 Å². The molecule has 0 amide bonds. The van der Waals surface area contributed by atoms with Gasteiger partial charge in [-0.05, 0) is 65.2 Å². The van der Waals surface area contributed by atoms with Crippen LogP contribution in [0.3, 0.4) is 0 Å². The van der Waals surface area contributed by atoms with Crippen LogP contribution in [-0.4, -0.2) is 15.0 Å². The van der Waals surface area contributed by atoms with Crippen LogP contribution < -0.4 is 0 Å². The number of benzene rings is 7. The van der Waals surface area contributed by atoms with Crippen molar-refractivity contribution in [2.45, 2.75) is 0 Å². The number of para-hydroxylation sites is 2. The molecule has 0 saturated heterocycles. The Balaban J connectivity index is 1.04. The van der Waals surface area contributed by atoms with E-state index >= 15 is 0 Å². The van der Waals surface area contributed by atoms with Crippen LogP contribution in [0.25, 0.3) is 111 Å². The molecule has 56 heavy (non-hydrogen) atoms. The number of hydrogen-bond acceptors (Lipinski definition) is 5. The standard InChI is InChI=1S/C51H31N3O2/c1-2-12-33(13-3-1)44-31-45(39-15-5-4-14-38(39)43-18-10-11-29-52-43)54-51(53-44)34-23-21-32(22-24-34)36-26-27-37(50-49(36)41-17-7-9-20-47(41)56-50)35-25-28-48-42(30-35)40-16-6-8-19-46(40)55-48/h1-31H. The SMILES string of the molecule is c1ccc(-c2cc(-c3ccccc3-c3ccccn3)nc(-c3ccc(-c4ccc(-c5ccc6oc7ccccc7c6c5)c5oc6ccccc6c45)cc3)n2)cc1. The van der Waals surface area contributed by atoms with Crippen LogP contribution in [0, 0.1) is 0 Å². The van der Waals surface area contributed by atoms with Crippen LogP contribution in [0.4, 0.5) is 0 Å². The summed E-state index contributed by atoms with van der Waals surface area (Å²) in [6, 6.07) is 62.4. The number of furan rings is 2. The van der Waals surface area contributed by atoms with Crippen molar-refractivity contribution in [2.24, 2.45) is 0 Å². The van der Waals surface area contributed by atoms with Crippen LogP contribution in [0.5, 0.6) is 0 Å². The summed E-state index contributed by atoms with van der Waals surface area (Å²) in [5.74, 6) is 0.653. The van der Waals surface area contributed by atoms with Gasteiger partial charge in [-0.1, -0.05) is 133 Å². The first kappa shape index (κ1) is 31.9. The molecule has 0 spiro atoms. The van der Waals surface area contributed by atoms with Crippen molar-refractivity contribution >= 4 is 43.9 Å². The summed E-state index contributed by atoms with van der Waals surface area (Å²) in [6.07, 6.45) is 1.82. The minimum Gasteiger partial charge on any atom is -0.456 e. The zero-order valence-electron chi connectivity index (χ0n) is 30.1. The van der Waals surface area contributed by atoms with Gasteiger partial charge >= 0.3 is 0 Å². The topological polar surface area (TPSA) is 65.0 Å². The van der Waals surface area contributed by atoms with Crippen LogP contribution >= 0.6 is 0 Å². The molecule has 0 N–H and O–H groups in total. The second-order valence-corrected chi connectivity index (χ2v) is 13.9. The van der Waals surface area contributed by atoms with Gasteiger partial charge in [-0.2, -0.15) is 0 Å². The molecule has 11 rings (SSSR count). The molecule has 0 atom stereocenters. The predicted octanol–water partition coefficient (Wildman–Crippen LogP) is 13.7. The van der Waals surface area contributed by atoms with E-state index in [1.165, 1.54) is 0 Å². The maximum Gasteiger partial charge on any atom is 0.160 e. The Kier molecular flexibility index (Phi) is 7.42. The fourth-order valence-corrected chi connectivity index (χ4v) is 7.91. The summed E-state index contributed by atoms with van der Waals surface area (Å²) in [6.45, 7) is 0. The van der Waals surface area contributed by atoms with E-state index in [4.69, 9.17) is 18.8 Å². The third-order valence-corrected chi connectivity index (χ3v) is 10.6. The van der Waals surface area contributed by atoms with Gasteiger partial charge < -0.3 is 8.83 Å². The van der Waals surface area contributed by atoms with Crippen molar-refractivity contribution in [3.05, 3.63) is 188 Å². The zero-order chi connectivity index (χ0) is 37.0. The lowest BCUT2D eigenvalue weighted by Gasteiger charge is -2.13. The van der Waals surface area contributed by atoms with Crippen molar-refractivity contribution in [1.82, 2.24) is 15.0 Å². The van der Waals surface area contributed by atoms with Gasteiger partial charge in [0.15, 0.2) is 5.82 Å². The molecule has 7 aromatic carbocycles. The lowest BCUT2D eigenvalue weighted by molar-refractivity contribution is 0.668. The maximum atomic E-state index is 6.68. The van der Waals surface area contributed by atoms with Gasteiger partial charge in [0, 0.05) is 55.6 Å². The first-order valence-corrected chi connectivity index (χ1v) is 18.7. The average molecular weight is 718 g/mol. The summed E-state index contributed by atoms with van der Waals surface area (Å²) < 4.78 is 12.8. The molecule has 4 heterocycles. The summed E-state index contributed by atoms with van der Waals surface area (Å²) >= 11 is 0. The van der Waals surface area contributed by atoms with E-state index in [2.05, 4.69) is 114 Å². The van der Waals surface area contributed by atoms with E-state index in [1.54, 1.807) is 0 Å². The van der Waals surface area contributed by atoms with E-state index < -0.39 is 0 Å². The predicted molar refractivity (Wildman–Crippen MR) is 227 cm³/mol. The van der Waals surface area contributed by atoms with Gasteiger partial charge in [-0.25, -0.2) is 9.97 Å². The van der Waals surface area contributed by atoms with E-state index in [9.17, 15) is 0 Å². The number of rotatable bonds is 6. The minimum atomic E-state index is 0.653. The van der Waals surface area contributed by atoms with Gasteiger partial charge in [0.2, 0.25) is 0 Å². The van der Waals surface area contributed by atoms with Crippen molar-refractivity contribution < 1.29 is 8.83 Å². The Bertz CT molecular complexity index is 3240. The molecule has 0 aliphatic rings. The fourth-order valence-electron chi connectivity index (χ4n) is 7.91. The van der Waals surface area contributed by atoms with Gasteiger partial charge in [-0.3, -0.25) is 4.98 Å². The van der Waals surface area contributed by atoms with Crippen LogP contribution in [0.1, 0.15) is 0 Å². The van der Waals surface area contributed by atoms with Crippen molar-refractivity contribution in [3.8, 4) is 67.4 Å². The molecule has 4 aromatic heterocycles. The fraction of sp³-hybridized carbons (Fsp3) is 0. The number of hydrogen-bond donors (Lipinski definition) is 0. The highest BCUT2D eigenvalue weighted by Gasteiger charge is 2.19. The van der Waals surface area contributed by atoms with Crippen molar-refractivity contribution in [2.75, 3.05) is 0 Å². The third kappa shape index (κ3) is 5.37. The molecule has 5 nitrogen and oxygen atoms in total. The third-order valence-electron chi connectivity index (χ3n) is 10.6.